The van der Waals surface area contributed by atoms with Crippen molar-refractivity contribution >= 4 is 34.5 Å². The van der Waals surface area contributed by atoms with Gasteiger partial charge in [-0.25, -0.2) is 9.98 Å². The van der Waals surface area contributed by atoms with Gasteiger partial charge in [0.05, 0.1) is 30.9 Å². The average molecular weight is 322 g/mol. The normalized spacial score (nSPS) is 14.4. The first-order valence-corrected chi connectivity index (χ1v) is 8.34. The van der Waals surface area contributed by atoms with Gasteiger partial charge in [0.2, 0.25) is 0 Å². The minimum atomic E-state index is -0.253. The van der Waals surface area contributed by atoms with Gasteiger partial charge in [-0.15, -0.1) is 22.7 Å². The van der Waals surface area contributed by atoms with Crippen LogP contribution in [0.2, 0.25) is 0 Å². The van der Waals surface area contributed by atoms with E-state index < -0.39 is 0 Å². The Morgan fingerprint density at radius 1 is 0.727 bits per heavy atom. The Bertz CT molecular complexity index is 1210. The molecule has 6 heteroatoms. The Morgan fingerprint density at radius 3 is 1.64 bits per heavy atom. The molecule has 0 bridgehead atoms. The molecule has 0 fully saturated rings. The van der Waals surface area contributed by atoms with Crippen molar-refractivity contribution in [1.29, 1.82) is 0 Å². The highest BCUT2D eigenvalue weighted by molar-refractivity contribution is 7.08. The molecule has 3 aromatic rings. The molecule has 0 saturated heterocycles. The van der Waals surface area contributed by atoms with Gasteiger partial charge in [0.25, 0.3) is 11.8 Å². The summed E-state index contributed by atoms with van der Waals surface area (Å²) < 4.78 is 1.87. The van der Waals surface area contributed by atoms with Crippen LogP contribution in [0.15, 0.2) is 45.0 Å². The fourth-order valence-corrected chi connectivity index (χ4v) is 4.58. The molecule has 2 aliphatic rings. The molecule has 4 heterocycles. The summed E-state index contributed by atoms with van der Waals surface area (Å²) in [6.45, 7) is 0. The molecule has 5 rings (SSSR count). The van der Waals surface area contributed by atoms with Gasteiger partial charge in [0.15, 0.2) is 0 Å². The lowest BCUT2D eigenvalue weighted by atomic mass is 10.0. The minimum absolute atomic E-state index is 0.253. The molecule has 0 N–H and O–H groups in total. The van der Waals surface area contributed by atoms with Crippen LogP contribution >= 0.6 is 22.7 Å². The first kappa shape index (κ1) is 12.1. The standard InChI is InChI=1S/C16H6N2O2S2/c19-15-9-6-8-10(16(20)18-12-2-4-22-14(8)12)5-7(9)13-11(17-15)1-3-21-13/h1-6H. The van der Waals surface area contributed by atoms with Gasteiger partial charge in [-0.3, -0.25) is 9.59 Å². The van der Waals surface area contributed by atoms with Crippen LogP contribution < -0.4 is 10.7 Å². The van der Waals surface area contributed by atoms with Crippen LogP contribution in [-0.4, -0.2) is 11.8 Å². The molecule has 0 aliphatic carbocycles. The monoisotopic (exact) mass is 322 g/mol. The van der Waals surface area contributed by atoms with Gasteiger partial charge in [-0.05, 0) is 35.0 Å². The summed E-state index contributed by atoms with van der Waals surface area (Å²) in [6, 6.07) is 7.23. The highest BCUT2D eigenvalue weighted by atomic mass is 32.1. The molecule has 0 radical (unpaired) electrons. The smallest absolute Gasteiger partial charge is 0.267 e. The highest BCUT2D eigenvalue weighted by Gasteiger charge is 2.19. The maximum absolute atomic E-state index is 12.3. The summed E-state index contributed by atoms with van der Waals surface area (Å²) in [5, 5.41) is 6.73. The summed E-state index contributed by atoms with van der Waals surface area (Å²) in [4.78, 5) is 32.8. The molecule has 0 saturated carbocycles. The number of amides is 2. The van der Waals surface area contributed by atoms with E-state index in [0.29, 0.717) is 21.8 Å². The summed E-state index contributed by atoms with van der Waals surface area (Å²) >= 11 is 3.05. The van der Waals surface area contributed by atoms with Gasteiger partial charge in [0.1, 0.15) is 0 Å². The summed E-state index contributed by atoms with van der Waals surface area (Å²) in [5.74, 6) is -0.506. The second-order valence-corrected chi connectivity index (χ2v) is 6.88. The first-order valence-electron chi connectivity index (χ1n) is 6.58. The van der Waals surface area contributed by atoms with Crippen LogP contribution in [0.25, 0.3) is 0 Å². The quantitative estimate of drug-likeness (QED) is 0.635. The maximum atomic E-state index is 12.3. The Hall–Kier alpha value is -2.44. The van der Waals surface area contributed by atoms with Gasteiger partial charge < -0.3 is 0 Å². The van der Waals surface area contributed by atoms with E-state index >= 15 is 0 Å². The van der Waals surface area contributed by atoms with E-state index in [-0.39, 0.29) is 11.8 Å². The zero-order chi connectivity index (χ0) is 14.8. The van der Waals surface area contributed by atoms with Crippen molar-refractivity contribution in [3.63, 3.8) is 0 Å². The zero-order valence-corrected chi connectivity index (χ0v) is 12.6. The number of thiophene rings is 2. The molecule has 0 spiro atoms. The van der Waals surface area contributed by atoms with E-state index in [1.807, 2.05) is 22.9 Å². The second-order valence-electron chi connectivity index (χ2n) is 5.05. The van der Waals surface area contributed by atoms with Crippen LogP contribution in [0.5, 0.6) is 0 Å². The third-order valence-corrected chi connectivity index (χ3v) is 5.71. The van der Waals surface area contributed by atoms with Crippen LogP contribution in [-0.2, 0) is 0 Å². The molecule has 2 aromatic heterocycles. The van der Waals surface area contributed by atoms with E-state index in [2.05, 4.69) is 9.98 Å². The maximum Gasteiger partial charge on any atom is 0.278 e. The molecule has 0 atom stereocenters. The van der Waals surface area contributed by atoms with Crippen molar-refractivity contribution in [2.45, 2.75) is 0 Å². The number of benzene rings is 1. The highest BCUT2D eigenvalue weighted by Crippen LogP contribution is 2.19. The summed E-state index contributed by atoms with van der Waals surface area (Å²) in [6.07, 6.45) is 0. The van der Waals surface area contributed by atoms with E-state index in [0.717, 1.165) is 19.5 Å². The fourth-order valence-electron chi connectivity index (χ4n) is 2.85. The number of hydrogen-bond donors (Lipinski definition) is 0. The lowest BCUT2D eigenvalue weighted by Gasteiger charge is -2.07. The average Bonchev–Trinajstić information content (AvgIpc) is 3.15. The molecular formula is C16H6N2O2S2. The molecule has 0 unspecified atom stereocenters. The fraction of sp³-hybridized carbons (Fsp3) is 0. The summed E-state index contributed by atoms with van der Waals surface area (Å²) in [5.41, 5.74) is 1.12. The number of carbonyl (C=O) groups excluding carboxylic acids is 2. The third-order valence-electron chi connectivity index (χ3n) is 3.84. The van der Waals surface area contributed by atoms with Gasteiger partial charge in [-0.2, -0.15) is 0 Å². The zero-order valence-electron chi connectivity index (χ0n) is 11.0. The van der Waals surface area contributed by atoms with E-state index in [1.165, 1.54) is 22.7 Å². The second kappa shape index (κ2) is 4.06. The molecule has 104 valence electrons. The van der Waals surface area contributed by atoms with Crippen LogP contribution in [0.4, 0.5) is 0 Å². The van der Waals surface area contributed by atoms with Crippen molar-refractivity contribution in [2.75, 3.05) is 0 Å². The number of nitrogens with zero attached hydrogens (tertiary/aromatic N) is 2. The van der Waals surface area contributed by atoms with Crippen molar-refractivity contribution in [3.8, 4) is 0 Å². The molecular weight excluding hydrogens is 316 g/mol. The Balaban J connectivity index is 2.15. The van der Waals surface area contributed by atoms with Crippen LogP contribution in [0.3, 0.4) is 0 Å². The predicted molar refractivity (Wildman–Crippen MR) is 81.4 cm³/mol. The number of hydrogen-bond acceptors (Lipinski definition) is 4. The topological polar surface area (TPSA) is 58.9 Å². The molecule has 2 aliphatic heterocycles. The molecule has 4 nitrogen and oxygen atoms in total. The van der Waals surface area contributed by atoms with Gasteiger partial charge in [0, 0.05) is 10.4 Å². The predicted octanol–water partition coefficient (Wildman–Crippen LogP) is 1.93. The number of rotatable bonds is 0. The summed E-state index contributed by atoms with van der Waals surface area (Å²) in [7, 11) is 0. The van der Waals surface area contributed by atoms with Crippen molar-refractivity contribution in [3.05, 3.63) is 76.4 Å². The SMILES string of the molecule is O=C1N=c2ccsc2=c2cc3c(cc21)=c1sccc1=NC3=O. The number of carbonyl (C=O) groups is 2. The first-order chi connectivity index (χ1) is 10.7. The lowest BCUT2D eigenvalue weighted by Crippen LogP contribution is -2.16. The number of fused-ring (bicyclic) bond motifs is 4. The van der Waals surface area contributed by atoms with Crippen molar-refractivity contribution < 1.29 is 9.59 Å². The molecule has 1 aromatic carbocycles. The van der Waals surface area contributed by atoms with E-state index in [4.69, 9.17) is 0 Å². The third kappa shape index (κ3) is 1.45. The van der Waals surface area contributed by atoms with Gasteiger partial charge >= 0.3 is 0 Å². The van der Waals surface area contributed by atoms with Crippen LogP contribution in [0, 0.1) is 19.5 Å². The molecule has 22 heavy (non-hydrogen) atoms. The van der Waals surface area contributed by atoms with Crippen molar-refractivity contribution in [2.24, 2.45) is 9.98 Å². The lowest BCUT2D eigenvalue weighted by molar-refractivity contribution is 0.0983. The Labute approximate surface area is 130 Å². The Kier molecular flexibility index (Phi) is 2.24. The Morgan fingerprint density at radius 2 is 1.18 bits per heavy atom. The van der Waals surface area contributed by atoms with E-state index in [1.54, 1.807) is 12.1 Å². The van der Waals surface area contributed by atoms with Crippen LogP contribution in [0.1, 0.15) is 20.7 Å². The largest absolute Gasteiger partial charge is 0.278 e. The molecule has 2 amide bonds. The van der Waals surface area contributed by atoms with Crippen molar-refractivity contribution in [1.82, 2.24) is 0 Å². The minimum Gasteiger partial charge on any atom is -0.267 e. The van der Waals surface area contributed by atoms with Gasteiger partial charge in [-0.1, -0.05) is 0 Å². The van der Waals surface area contributed by atoms with E-state index in [9.17, 15) is 9.59 Å².